The first-order chi connectivity index (χ1) is 17.5. The van der Waals surface area contributed by atoms with E-state index in [1.54, 1.807) is 39.0 Å². The number of amides is 2. The summed E-state index contributed by atoms with van der Waals surface area (Å²) in [5.41, 5.74) is 1.70. The van der Waals surface area contributed by atoms with Crippen LogP contribution in [0.1, 0.15) is 33.3 Å². The highest BCUT2D eigenvalue weighted by molar-refractivity contribution is 9.10. The van der Waals surface area contributed by atoms with Gasteiger partial charge in [0.25, 0.3) is 5.91 Å². The van der Waals surface area contributed by atoms with Gasteiger partial charge in [-0.25, -0.2) is 4.79 Å². The smallest absolute Gasteiger partial charge is 0.408 e. The number of hydrogen-bond donors (Lipinski definition) is 3. The molecular formula is C29H33BrN2O5. The first kappa shape index (κ1) is 28.2. The van der Waals surface area contributed by atoms with E-state index in [0.29, 0.717) is 22.5 Å². The molecule has 2 amide bonds. The summed E-state index contributed by atoms with van der Waals surface area (Å²) in [5, 5.41) is 14.9. The van der Waals surface area contributed by atoms with E-state index in [1.165, 1.54) is 23.6 Å². The third-order valence-electron chi connectivity index (χ3n) is 5.49. The molecule has 0 aliphatic rings. The summed E-state index contributed by atoms with van der Waals surface area (Å²) in [5.74, 6) is 0.0519. The van der Waals surface area contributed by atoms with Gasteiger partial charge in [-0.15, -0.1) is 0 Å². The number of hydrogen-bond acceptors (Lipinski definition) is 5. The second-order valence-electron chi connectivity index (χ2n) is 9.88. The Balaban J connectivity index is 1.54. The van der Waals surface area contributed by atoms with E-state index in [1.807, 2.05) is 18.2 Å². The standard InChI is InChI=1S/C29H33BrN2O5/c1-28(2,3)37-27(35)32-29(4,19-33)26(34)31-23-14-15-25(24(30)18-23)36-17-16-20-10-12-22(13-11-20)21-8-6-5-7-9-21/h5-15,18,33H,16-17,19H2,1-4H3,(H,31,34)(H,32,35)/t29-/m0/s1. The lowest BCUT2D eigenvalue weighted by molar-refractivity contribution is -0.123. The summed E-state index contributed by atoms with van der Waals surface area (Å²) < 4.78 is 11.8. The van der Waals surface area contributed by atoms with E-state index < -0.39 is 29.7 Å². The number of anilines is 1. The zero-order chi connectivity index (χ0) is 27.1. The second-order valence-corrected chi connectivity index (χ2v) is 10.7. The van der Waals surface area contributed by atoms with Crippen molar-refractivity contribution in [2.45, 2.75) is 45.3 Å². The Kier molecular flexibility index (Phi) is 9.34. The Morgan fingerprint density at radius 1 is 0.919 bits per heavy atom. The highest BCUT2D eigenvalue weighted by Crippen LogP contribution is 2.29. The number of ether oxygens (including phenoxy) is 2. The summed E-state index contributed by atoms with van der Waals surface area (Å²) in [7, 11) is 0. The van der Waals surface area contributed by atoms with Crippen LogP contribution in [0.25, 0.3) is 11.1 Å². The number of halogens is 1. The maximum Gasteiger partial charge on any atom is 0.408 e. The molecule has 3 aromatic carbocycles. The van der Waals surface area contributed by atoms with Crippen LogP contribution in [0.15, 0.2) is 77.3 Å². The molecule has 3 N–H and O–H groups in total. The molecule has 3 aromatic rings. The van der Waals surface area contributed by atoms with Crippen molar-refractivity contribution in [2.24, 2.45) is 0 Å². The van der Waals surface area contributed by atoms with Gasteiger partial charge in [0.05, 0.1) is 17.7 Å². The van der Waals surface area contributed by atoms with Gasteiger partial charge in [0, 0.05) is 12.1 Å². The van der Waals surface area contributed by atoms with Gasteiger partial charge >= 0.3 is 6.09 Å². The lowest BCUT2D eigenvalue weighted by atomic mass is 10.0. The van der Waals surface area contributed by atoms with Crippen LogP contribution < -0.4 is 15.4 Å². The molecule has 0 saturated carbocycles. The Hall–Kier alpha value is -3.36. The molecule has 0 saturated heterocycles. The molecule has 0 spiro atoms. The van der Waals surface area contributed by atoms with Crippen molar-refractivity contribution in [3.8, 4) is 16.9 Å². The minimum absolute atomic E-state index is 0.478. The third-order valence-corrected chi connectivity index (χ3v) is 6.11. The average Bonchev–Trinajstić information content (AvgIpc) is 2.85. The molecule has 0 heterocycles. The molecule has 3 rings (SSSR count). The molecule has 0 aromatic heterocycles. The largest absolute Gasteiger partial charge is 0.492 e. The maximum atomic E-state index is 12.8. The van der Waals surface area contributed by atoms with E-state index >= 15 is 0 Å². The molecule has 37 heavy (non-hydrogen) atoms. The maximum absolute atomic E-state index is 12.8. The van der Waals surface area contributed by atoms with Crippen molar-refractivity contribution in [2.75, 3.05) is 18.5 Å². The van der Waals surface area contributed by atoms with E-state index in [-0.39, 0.29) is 0 Å². The Labute approximate surface area is 226 Å². The first-order valence-corrected chi connectivity index (χ1v) is 12.8. The second kappa shape index (κ2) is 12.3. The van der Waals surface area contributed by atoms with Gasteiger partial charge in [0.1, 0.15) is 16.9 Å². The zero-order valence-corrected chi connectivity index (χ0v) is 23.1. The van der Waals surface area contributed by atoms with Crippen LogP contribution in [0.5, 0.6) is 5.75 Å². The molecule has 7 nitrogen and oxygen atoms in total. The Morgan fingerprint density at radius 3 is 2.16 bits per heavy atom. The molecule has 1 atom stereocenters. The highest BCUT2D eigenvalue weighted by Gasteiger charge is 2.36. The van der Waals surface area contributed by atoms with E-state index in [9.17, 15) is 14.7 Å². The van der Waals surface area contributed by atoms with Gasteiger partial charge < -0.3 is 25.2 Å². The number of aliphatic hydroxyl groups is 1. The molecular weight excluding hydrogens is 536 g/mol. The topological polar surface area (TPSA) is 96.9 Å². The zero-order valence-electron chi connectivity index (χ0n) is 21.5. The van der Waals surface area contributed by atoms with Crippen molar-refractivity contribution >= 4 is 33.6 Å². The normalized spacial score (nSPS) is 12.8. The van der Waals surface area contributed by atoms with Crippen LogP contribution in [-0.2, 0) is 16.0 Å². The Bertz CT molecular complexity index is 1210. The molecule has 0 radical (unpaired) electrons. The lowest BCUT2D eigenvalue weighted by Gasteiger charge is -2.29. The SMILES string of the molecule is CC(C)(C)OC(=O)N[C@@](C)(CO)C(=O)Nc1ccc(OCCc2ccc(-c3ccccc3)cc2)c(Br)c1. The molecule has 0 aliphatic carbocycles. The van der Waals surface area contributed by atoms with Crippen LogP contribution in [0.4, 0.5) is 10.5 Å². The van der Waals surface area contributed by atoms with Crippen LogP contribution in [0, 0.1) is 0 Å². The molecule has 0 unspecified atom stereocenters. The summed E-state index contributed by atoms with van der Waals surface area (Å²) in [6.07, 6.45) is -0.0515. The number of rotatable bonds is 9. The van der Waals surface area contributed by atoms with Gasteiger partial charge in [0.2, 0.25) is 0 Å². The molecule has 0 fully saturated rings. The van der Waals surface area contributed by atoms with Crippen LogP contribution in [-0.4, -0.2) is 41.5 Å². The van der Waals surface area contributed by atoms with Gasteiger partial charge in [-0.2, -0.15) is 0 Å². The van der Waals surface area contributed by atoms with Gasteiger partial charge in [-0.3, -0.25) is 4.79 Å². The summed E-state index contributed by atoms with van der Waals surface area (Å²) in [6, 6.07) is 23.8. The first-order valence-electron chi connectivity index (χ1n) is 12.0. The summed E-state index contributed by atoms with van der Waals surface area (Å²) >= 11 is 3.48. The number of aliphatic hydroxyl groups excluding tert-OH is 1. The predicted molar refractivity (Wildman–Crippen MR) is 149 cm³/mol. The fourth-order valence-corrected chi connectivity index (χ4v) is 3.93. The average molecular weight is 569 g/mol. The van der Waals surface area contributed by atoms with Crippen molar-refractivity contribution in [3.05, 3.63) is 82.8 Å². The summed E-state index contributed by atoms with van der Waals surface area (Å²) in [4.78, 5) is 24.9. The highest BCUT2D eigenvalue weighted by atomic mass is 79.9. The van der Waals surface area contributed by atoms with Gasteiger partial charge in [-0.05, 0) is 78.5 Å². The molecule has 8 heteroatoms. The fourth-order valence-electron chi connectivity index (χ4n) is 3.43. The van der Waals surface area contributed by atoms with Crippen LogP contribution in [0.3, 0.4) is 0 Å². The summed E-state index contributed by atoms with van der Waals surface area (Å²) in [6.45, 7) is 6.44. The van der Waals surface area contributed by atoms with Crippen molar-refractivity contribution in [3.63, 3.8) is 0 Å². The van der Waals surface area contributed by atoms with Crippen molar-refractivity contribution in [1.82, 2.24) is 5.32 Å². The predicted octanol–water partition coefficient (Wildman–Crippen LogP) is 5.95. The van der Waals surface area contributed by atoms with Gasteiger partial charge in [0.15, 0.2) is 0 Å². The molecule has 196 valence electrons. The number of carbonyl (C=O) groups excluding carboxylic acids is 2. The van der Waals surface area contributed by atoms with E-state index in [2.05, 4.69) is 63.0 Å². The minimum Gasteiger partial charge on any atom is -0.492 e. The van der Waals surface area contributed by atoms with E-state index in [0.717, 1.165) is 6.42 Å². The van der Waals surface area contributed by atoms with Gasteiger partial charge in [-0.1, -0.05) is 54.6 Å². The lowest BCUT2D eigenvalue weighted by Crippen LogP contribution is -2.58. The number of benzene rings is 3. The minimum atomic E-state index is -1.57. The monoisotopic (exact) mass is 568 g/mol. The van der Waals surface area contributed by atoms with Crippen molar-refractivity contribution in [1.29, 1.82) is 0 Å². The van der Waals surface area contributed by atoms with Crippen molar-refractivity contribution < 1.29 is 24.2 Å². The van der Waals surface area contributed by atoms with Crippen LogP contribution in [0.2, 0.25) is 0 Å². The fraction of sp³-hybridized carbons (Fsp3) is 0.310. The molecule has 0 bridgehead atoms. The number of nitrogens with one attached hydrogen (secondary N) is 2. The number of carbonyl (C=O) groups is 2. The van der Waals surface area contributed by atoms with E-state index in [4.69, 9.17) is 9.47 Å². The van der Waals surface area contributed by atoms with Crippen LogP contribution >= 0.6 is 15.9 Å². The quantitative estimate of drug-likeness (QED) is 0.296. The third kappa shape index (κ3) is 8.33. The number of alkyl carbamates (subject to hydrolysis) is 1. The Morgan fingerprint density at radius 2 is 1.57 bits per heavy atom. The molecule has 0 aliphatic heterocycles.